The van der Waals surface area contributed by atoms with Crippen LogP contribution in [0.3, 0.4) is 0 Å². The van der Waals surface area contributed by atoms with Gasteiger partial charge in [0.25, 0.3) is 0 Å². The van der Waals surface area contributed by atoms with E-state index in [0.717, 1.165) is 36.1 Å². The number of nitrogen functional groups attached to an aromatic ring is 1. The van der Waals surface area contributed by atoms with Crippen molar-refractivity contribution in [1.82, 2.24) is 0 Å². The van der Waals surface area contributed by atoms with Crippen LogP contribution in [0.25, 0.3) is 0 Å². The summed E-state index contributed by atoms with van der Waals surface area (Å²) >= 11 is 0. The van der Waals surface area contributed by atoms with Gasteiger partial charge in [-0.1, -0.05) is 32.8 Å². The molecular weight excluding hydrogens is 224 g/mol. The third-order valence-corrected chi connectivity index (χ3v) is 3.62. The van der Waals surface area contributed by atoms with E-state index in [-0.39, 0.29) is 0 Å². The number of anilines is 2. The maximum atomic E-state index is 6.16. The predicted molar refractivity (Wildman–Crippen MR) is 79.4 cm³/mol. The molecule has 0 aromatic heterocycles. The monoisotopic (exact) mass is 250 g/mol. The topological polar surface area (TPSA) is 38.5 Å². The normalized spacial score (nSPS) is 10.7. The first-order chi connectivity index (χ1) is 8.67. The van der Waals surface area contributed by atoms with E-state index in [1.165, 1.54) is 12.8 Å². The quantitative estimate of drug-likeness (QED) is 0.752. The Labute approximate surface area is 111 Å². The lowest BCUT2D eigenvalue weighted by molar-refractivity contribution is 0.416. The smallest absolute Gasteiger partial charge is 0.143 e. The van der Waals surface area contributed by atoms with Gasteiger partial charge in [0.1, 0.15) is 5.75 Å². The fraction of sp³-hybridized carbons (Fsp3) is 0.600. The molecule has 0 spiro atoms. The second-order valence-electron chi connectivity index (χ2n) is 4.61. The van der Waals surface area contributed by atoms with Crippen molar-refractivity contribution in [3.8, 4) is 5.75 Å². The molecule has 0 radical (unpaired) electrons. The van der Waals surface area contributed by atoms with Crippen LogP contribution in [0.2, 0.25) is 0 Å². The molecule has 0 aliphatic rings. The predicted octanol–water partition coefficient (Wildman–Crippen LogP) is 3.54. The molecule has 0 aliphatic carbocycles. The Morgan fingerprint density at radius 2 is 1.89 bits per heavy atom. The number of nitrogens with two attached hydrogens (primary N) is 1. The van der Waals surface area contributed by atoms with Gasteiger partial charge in [0.15, 0.2) is 0 Å². The zero-order chi connectivity index (χ0) is 13.5. The van der Waals surface area contributed by atoms with Crippen molar-refractivity contribution in [2.75, 3.05) is 30.8 Å². The van der Waals surface area contributed by atoms with Gasteiger partial charge in [0.2, 0.25) is 0 Å². The lowest BCUT2D eigenvalue weighted by Gasteiger charge is -2.29. The van der Waals surface area contributed by atoms with Gasteiger partial charge in [-0.05, 0) is 25.0 Å². The van der Waals surface area contributed by atoms with Crippen LogP contribution >= 0.6 is 0 Å². The van der Waals surface area contributed by atoms with Crippen molar-refractivity contribution in [2.24, 2.45) is 5.92 Å². The van der Waals surface area contributed by atoms with Crippen LogP contribution < -0.4 is 15.4 Å². The lowest BCUT2D eigenvalue weighted by Crippen LogP contribution is -2.29. The van der Waals surface area contributed by atoms with Crippen LogP contribution in [0.5, 0.6) is 5.75 Å². The number of hydrogen-bond donors (Lipinski definition) is 1. The van der Waals surface area contributed by atoms with E-state index in [4.69, 9.17) is 10.5 Å². The zero-order valence-electron chi connectivity index (χ0n) is 12.1. The first-order valence-corrected chi connectivity index (χ1v) is 6.85. The van der Waals surface area contributed by atoms with E-state index >= 15 is 0 Å². The summed E-state index contributed by atoms with van der Waals surface area (Å²) in [6.07, 6.45) is 2.41. The van der Waals surface area contributed by atoms with Crippen LogP contribution in [0.4, 0.5) is 11.4 Å². The van der Waals surface area contributed by atoms with Crippen molar-refractivity contribution in [3.63, 3.8) is 0 Å². The zero-order valence-corrected chi connectivity index (χ0v) is 12.1. The molecule has 0 fully saturated rings. The molecule has 0 unspecified atom stereocenters. The first-order valence-electron chi connectivity index (χ1n) is 6.85. The van der Waals surface area contributed by atoms with Gasteiger partial charge >= 0.3 is 0 Å². The van der Waals surface area contributed by atoms with E-state index in [2.05, 4.69) is 31.7 Å². The second-order valence-corrected chi connectivity index (χ2v) is 4.61. The Morgan fingerprint density at radius 3 is 2.39 bits per heavy atom. The second kappa shape index (κ2) is 7.14. The summed E-state index contributed by atoms with van der Waals surface area (Å²) in [5.41, 5.74) is 7.99. The SMILES string of the molecule is CCC(CC)CN(CC)c1cccc(OC)c1N. The largest absolute Gasteiger partial charge is 0.495 e. The molecule has 2 N–H and O–H groups in total. The number of nitrogens with zero attached hydrogens (tertiary/aromatic N) is 1. The molecule has 102 valence electrons. The number of para-hydroxylation sites is 1. The Hall–Kier alpha value is -1.38. The summed E-state index contributed by atoms with van der Waals surface area (Å²) in [6.45, 7) is 8.68. The van der Waals surface area contributed by atoms with Gasteiger partial charge < -0.3 is 15.4 Å². The molecule has 0 saturated carbocycles. The summed E-state index contributed by atoms with van der Waals surface area (Å²) in [5, 5.41) is 0. The molecule has 0 saturated heterocycles. The highest BCUT2D eigenvalue weighted by Crippen LogP contribution is 2.32. The number of ether oxygens (including phenoxy) is 1. The van der Waals surface area contributed by atoms with Gasteiger partial charge in [0, 0.05) is 13.1 Å². The molecule has 0 aliphatic heterocycles. The van der Waals surface area contributed by atoms with Crippen LogP contribution in [-0.4, -0.2) is 20.2 Å². The van der Waals surface area contributed by atoms with Gasteiger partial charge in [-0.25, -0.2) is 0 Å². The minimum atomic E-state index is 0.718. The summed E-state index contributed by atoms with van der Waals surface area (Å²) < 4.78 is 5.29. The van der Waals surface area contributed by atoms with Crippen molar-refractivity contribution in [3.05, 3.63) is 18.2 Å². The average Bonchev–Trinajstić information content (AvgIpc) is 2.41. The van der Waals surface area contributed by atoms with Crippen LogP contribution in [-0.2, 0) is 0 Å². The molecular formula is C15H26N2O. The maximum absolute atomic E-state index is 6.16. The van der Waals surface area contributed by atoms with Gasteiger partial charge in [-0.15, -0.1) is 0 Å². The first kappa shape index (κ1) is 14.7. The Bertz CT molecular complexity index is 362. The number of rotatable bonds is 7. The van der Waals surface area contributed by atoms with Gasteiger partial charge in [-0.3, -0.25) is 0 Å². The van der Waals surface area contributed by atoms with E-state index < -0.39 is 0 Å². The molecule has 0 heterocycles. The van der Waals surface area contributed by atoms with Crippen molar-refractivity contribution < 1.29 is 4.74 Å². The molecule has 1 rings (SSSR count). The highest BCUT2D eigenvalue weighted by Gasteiger charge is 2.14. The maximum Gasteiger partial charge on any atom is 0.143 e. The fourth-order valence-corrected chi connectivity index (χ4v) is 2.24. The van der Waals surface area contributed by atoms with Gasteiger partial charge in [0.05, 0.1) is 18.5 Å². The third-order valence-electron chi connectivity index (χ3n) is 3.62. The average molecular weight is 250 g/mol. The van der Waals surface area contributed by atoms with E-state index in [0.29, 0.717) is 0 Å². The third kappa shape index (κ3) is 3.31. The molecule has 18 heavy (non-hydrogen) atoms. The van der Waals surface area contributed by atoms with Crippen LogP contribution in [0, 0.1) is 5.92 Å². The van der Waals surface area contributed by atoms with Crippen LogP contribution in [0.1, 0.15) is 33.6 Å². The van der Waals surface area contributed by atoms with Gasteiger partial charge in [-0.2, -0.15) is 0 Å². The number of hydrogen-bond acceptors (Lipinski definition) is 3. The minimum Gasteiger partial charge on any atom is -0.495 e. The molecule has 0 bridgehead atoms. The highest BCUT2D eigenvalue weighted by atomic mass is 16.5. The Balaban J connectivity index is 2.94. The molecule has 0 atom stereocenters. The minimum absolute atomic E-state index is 0.718. The fourth-order valence-electron chi connectivity index (χ4n) is 2.24. The van der Waals surface area contributed by atoms with Crippen LogP contribution in [0.15, 0.2) is 18.2 Å². The van der Waals surface area contributed by atoms with E-state index in [9.17, 15) is 0 Å². The molecule has 1 aromatic carbocycles. The van der Waals surface area contributed by atoms with E-state index in [1.807, 2.05) is 12.1 Å². The summed E-state index contributed by atoms with van der Waals surface area (Å²) in [6, 6.07) is 5.98. The molecule has 3 nitrogen and oxygen atoms in total. The Morgan fingerprint density at radius 1 is 1.22 bits per heavy atom. The highest BCUT2D eigenvalue weighted by molar-refractivity contribution is 5.74. The standard InChI is InChI=1S/C15H26N2O/c1-5-12(6-2)11-17(7-3)13-9-8-10-14(18-4)15(13)16/h8-10,12H,5-7,11,16H2,1-4H3. The van der Waals surface area contributed by atoms with Crippen molar-refractivity contribution >= 4 is 11.4 Å². The van der Waals surface area contributed by atoms with E-state index in [1.54, 1.807) is 7.11 Å². The molecule has 1 aromatic rings. The lowest BCUT2D eigenvalue weighted by atomic mass is 10.0. The van der Waals surface area contributed by atoms with Crippen molar-refractivity contribution in [1.29, 1.82) is 0 Å². The number of methoxy groups -OCH3 is 1. The summed E-state index contributed by atoms with van der Waals surface area (Å²) in [5.74, 6) is 1.48. The summed E-state index contributed by atoms with van der Waals surface area (Å²) in [7, 11) is 1.66. The number of benzene rings is 1. The molecule has 3 heteroatoms. The van der Waals surface area contributed by atoms with Crippen molar-refractivity contribution in [2.45, 2.75) is 33.6 Å². The summed E-state index contributed by atoms with van der Waals surface area (Å²) in [4.78, 5) is 2.34. The molecule has 0 amide bonds. The Kier molecular flexibility index (Phi) is 5.83.